The molecule has 24 heavy (non-hydrogen) atoms. The number of aryl methyl sites for hydroxylation is 3. The van der Waals surface area contributed by atoms with Crippen LogP contribution >= 0.6 is 22.7 Å². The van der Waals surface area contributed by atoms with Gasteiger partial charge < -0.3 is 11.1 Å². The third-order valence-electron chi connectivity index (χ3n) is 4.87. The van der Waals surface area contributed by atoms with Crippen molar-refractivity contribution < 1.29 is 9.59 Å². The van der Waals surface area contributed by atoms with Gasteiger partial charge in [0.2, 0.25) is 0 Å². The van der Waals surface area contributed by atoms with Gasteiger partial charge in [-0.25, -0.2) is 0 Å². The Morgan fingerprint density at radius 2 is 1.75 bits per heavy atom. The molecule has 2 aliphatic rings. The van der Waals surface area contributed by atoms with E-state index in [0.29, 0.717) is 10.6 Å². The summed E-state index contributed by atoms with van der Waals surface area (Å²) in [6.07, 6.45) is 8.74. The van der Waals surface area contributed by atoms with Crippen molar-refractivity contribution in [2.24, 2.45) is 5.73 Å². The zero-order valence-corrected chi connectivity index (χ0v) is 15.1. The molecule has 4 rings (SSSR count). The first-order valence-electron chi connectivity index (χ1n) is 8.50. The minimum atomic E-state index is -0.438. The maximum absolute atomic E-state index is 12.7. The van der Waals surface area contributed by atoms with Gasteiger partial charge in [-0.05, 0) is 62.1 Å². The maximum atomic E-state index is 12.7. The van der Waals surface area contributed by atoms with Crippen molar-refractivity contribution >= 4 is 39.5 Å². The summed E-state index contributed by atoms with van der Waals surface area (Å²) in [7, 11) is 0. The Hall–Kier alpha value is -1.66. The van der Waals surface area contributed by atoms with Crippen LogP contribution in [0.25, 0.3) is 0 Å². The highest BCUT2D eigenvalue weighted by Crippen LogP contribution is 2.39. The monoisotopic (exact) mass is 360 g/mol. The fourth-order valence-corrected chi connectivity index (χ4v) is 6.14. The van der Waals surface area contributed by atoms with Crippen molar-refractivity contribution in [2.45, 2.75) is 51.4 Å². The van der Waals surface area contributed by atoms with Crippen LogP contribution in [0.15, 0.2) is 6.07 Å². The van der Waals surface area contributed by atoms with E-state index in [9.17, 15) is 9.59 Å². The number of nitrogens with two attached hydrogens (primary N) is 1. The van der Waals surface area contributed by atoms with E-state index in [1.54, 1.807) is 11.3 Å². The largest absolute Gasteiger partial charge is 0.365 e. The number of nitrogens with one attached hydrogen (secondary N) is 1. The Labute approximate surface area is 149 Å². The number of anilines is 1. The van der Waals surface area contributed by atoms with Gasteiger partial charge in [0.25, 0.3) is 11.8 Å². The van der Waals surface area contributed by atoms with Crippen molar-refractivity contribution in [1.82, 2.24) is 0 Å². The quantitative estimate of drug-likeness (QED) is 0.814. The lowest BCUT2D eigenvalue weighted by molar-refractivity contribution is 0.100. The SMILES string of the molecule is NC(=O)c1c(NC(=O)c2cc3c(s2)CCCCC3)sc2c1CCC2. The van der Waals surface area contributed by atoms with Gasteiger partial charge in [-0.15, -0.1) is 22.7 Å². The fraction of sp³-hybridized carbons (Fsp3) is 0.444. The van der Waals surface area contributed by atoms with Gasteiger partial charge in [0, 0.05) is 9.75 Å². The summed E-state index contributed by atoms with van der Waals surface area (Å²) in [4.78, 5) is 27.8. The second-order valence-electron chi connectivity index (χ2n) is 6.50. The molecular weight excluding hydrogens is 340 g/mol. The number of amides is 2. The van der Waals surface area contributed by atoms with E-state index in [1.807, 2.05) is 6.07 Å². The Bertz CT molecular complexity index is 796. The van der Waals surface area contributed by atoms with Crippen LogP contribution in [0.5, 0.6) is 0 Å². The summed E-state index contributed by atoms with van der Waals surface area (Å²) < 4.78 is 0. The number of hydrogen-bond donors (Lipinski definition) is 2. The summed E-state index contributed by atoms with van der Waals surface area (Å²) in [6, 6.07) is 2.03. The van der Waals surface area contributed by atoms with Crippen LogP contribution in [0.3, 0.4) is 0 Å². The van der Waals surface area contributed by atoms with E-state index in [2.05, 4.69) is 5.32 Å². The summed E-state index contributed by atoms with van der Waals surface area (Å²) in [5.41, 5.74) is 8.46. The number of hydrogen-bond acceptors (Lipinski definition) is 4. The predicted molar refractivity (Wildman–Crippen MR) is 98.4 cm³/mol. The van der Waals surface area contributed by atoms with Gasteiger partial charge in [-0.2, -0.15) is 0 Å². The van der Waals surface area contributed by atoms with Crippen molar-refractivity contribution in [3.8, 4) is 0 Å². The standard InChI is InChI=1S/C18H20N2O2S2/c19-16(21)15-11-6-4-8-13(11)24-18(15)20-17(22)14-9-10-5-2-1-3-7-12(10)23-14/h9H,1-8H2,(H2,19,21)(H,20,22). The third kappa shape index (κ3) is 2.78. The number of thiophene rings is 2. The van der Waals surface area contributed by atoms with Crippen LogP contribution in [-0.4, -0.2) is 11.8 Å². The summed E-state index contributed by atoms with van der Waals surface area (Å²) in [6.45, 7) is 0. The minimum absolute atomic E-state index is 0.115. The first-order chi connectivity index (χ1) is 11.6. The van der Waals surface area contributed by atoms with Gasteiger partial charge in [0.15, 0.2) is 0 Å². The predicted octanol–water partition coefficient (Wildman–Crippen LogP) is 3.92. The smallest absolute Gasteiger partial charge is 0.266 e. The Balaban J connectivity index is 1.60. The number of primary amides is 1. The number of rotatable bonds is 3. The van der Waals surface area contributed by atoms with Gasteiger partial charge in [0.1, 0.15) is 5.00 Å². The first kappa shape index (κ1) is 15.8. The fourth-order valence-electron chi connectivity index (χ4n) is 3.70. The highest BCUT2D eigenvalue weighted by atomic mass is 32.1. The molecule has 0 fully saturated rings. The molecule has 0 radical (unpaired) electrons. The molecule has 0 atom stereocenters. The number of carbonyl (C=O) groups is 2. The molecule has 0 saturated heterocycles. The molecule has 126 valence electrons. The Kier molecular flexibility index (Phi) is 4.18. The molecule has 6 heteroatoms. The molecule has 2 aliphatic carbocycles. The molecule has 2 heterocycles. The average molecular weight is 361 g/mol. The average Bonchev–Trinajstić information content (AvgIpc) is 3.18. The van der Waals surface area contributed by atoms with Crippen LogP contribution in [0.2, 0.25) is 0 Å². The van der Waals surface area contributed by atoms with Crippen LogP contribution in [-0.2, 0) is 25.7 Å². The van der Waals surface area contributed by atoms with E-state index in [1.165, 1.54) is 45.9 Å². The minimum Gasteiger partial charge on any atom is -0.365 e. The van der Waals surface area contributed by atoms with Crippen LogP contribution in [0, 0.1) is 0 Å². The number of carbonyl (C=O) groups excluding carboxylic acids is 2. The van der Waals surface area contributed by atoms with Gasteiger partial charge in [-0.1, -0.05) is 6.42 Å². The third-order valence-corrected chi connectivity index (χ3v) is 7.31. The van der Waals surface area contributed by atoms with Gasteiger partial charge in [-0.3, -0.25) is 9.59 Å². The van der Waals surface area contributed by atoms with E-state index in [-0.39, 0.29) is 5.91 Å². The molecule has 2 aromatic heterocycles. The maximum Gasteiger partial charge on any atom is 0.266 e. The van der Waals surface area contributed by atoms with E-state index in [4.69, 9.17) is 5.73 Å². The second kappa shape index (κ2) is 6.33. The van der Waals surface area contributed by atoms with Crippen LogP contribution < -0.4 is 11.1 Å². The highest BCUT2D eigenvalue weighted by molar-refractivity contribution is 7.17. The molecule has 3 N–H and O–H groups in total. The molecule has 4 nitrogen and oxygen atoms in total. The lowest BCUT2D eigenvalue weighted by atomic mass is 10.1. The molecule has 0 spiro atoms. The number of fused-ring (bicyclic) bond motifs is 2. The zero-order valence-electron chi connectivity index (χ0n) is 13.4. The highest BCUT2D eigenvalue weighted by Gasteiger charge is 2.27. The molecule has 0 bridgehead atoms. The van der Waals surface area contributed by atoms with Crippen LogP contribution in [0.4, 0.5) is 5.00 Å². The Morgan fingerprint density at radius 1 is 0.958 bits per heavy atom. The topological polar surface area (TPSA) is 72.2 Å². The molecule has 0 aliphatic heterocycles. The normalized spacial score (nSPS) is 16.3. The molecule has 0 unspecified atom stereocenters. The lowest BCUT2D eigenvalue weighted by Gasteiger charge is -2.04. The van der Waals surface area contributed by atoms with E-state index in [0.717, 1.165) is 42.5 Å². The summed E-state index contributed by atoms with van der Waals surface area (Å²) >= 11 is 3.11. The summed E-state index contributed by atoms with van der Waals surface area (Å²) in [5.74, 6) is -0.554. The zero-order chi connectivity index (χ0) is 16.7. The van der Waals surface area contributed by atoms with Crippen molar-refractivity contribution in [3.05, 3.63) is 37.4 Å². The second-order valence-corrected chi connectivity index (χ2v) is 8.74. The molecule has 2 aromatic rings. The van der Waals surface area contributed by atoms with Crippen molar-refractivity contribution in [1.29, 1.82) is 0 Å². The molecule has 2 amide bonds. The Morgan fingerprint density at radius 3 is 2.58 bits per heavy atom. The molecule has 0 aromatic carbocycles. The lowest BCUT2D eigenvalue weighted by Crippen LogP contribution is -2.17. The van der Waals surface area contributed by atoms with Gasteiger partial charge in [0.05, 0.1) is 10.4 Å². The van der Waals surface area contributed by atoms with Crippen molar-refractivity contribution in [2.75, 3.05) is 5.32 Å². The van der Waals surface area contributed by atoms with Gasteiger partial charge >= 0.3 is 0 Å². The van der Waals surface area contributed by atoms with Crippen molar-refractivity contribution in [3.63, 3.8) is 0 Å². The molecular formula is C18H20N2O2S2. The van der Waals surface area contributed by atoms with Crippen LogP contribution in [0.1, 0.15) is 66.6 Å². The molecule has 0 saturated carbocycles. The summed E-state index contributed by atoms with van der Waals surface area (Å²) in [5, 5.41) is 3.58. The van der Waals surface area contributed by atoms with E-state index >= 15 is 0 Å². The van der Waals surface area contributed by atoms with E-state index < -0.39 is 5.91 Å². The first-order valence-corrected chi connectivity index (χ1v) is 10.1.